The number of hydrogen-bond donors (Lipinski definition) is 1. The van der Waals surface area contributed by atoms with E-state index in [-0.39, 0.29) is 37.7 Å². The van der Waals surface area contributed by atoms with Gasteiger partial charge in [-0.05, 0) is 30.7 Å². The Hall–Kier alpha value is -3.15. The van der Waals surface area contributed by atoms with E-state index in [1.54, 1.807) is 18.2 Å². The second-order valence-corrected chi connectivity index (χ2v) is 6.01. The number of esters is 1. The monoisotopic (exact) mass is 369 g/mol. The van der Waals surface area contributed by atoms with Gasteiger partial charge in [0.1, 0.15) is 12.4 Å². The van der Waals surface area contributed by atoms with Gasteiger partial charge in [-0.2, -0.15) is 0 Å². The van der Waals surface area contributed by atoms with Crippen LogP contribution in [-0.4, -0.2) is 31.3 Å². The number of carbonyl (C=O) groups is 3. The van der Waals surface area contributed by atoms with Gasteiger partial charge in [0, 0.05) is 17.7 Å². The van der Waals surface area contributed by atoms with Crippen LogP contribution in [0.1, 0.15) is 34.8 Å². The van der Waals surface area contributed by atoms with E-state index in [0.717, 1.165) is 5.56 Å². The highest BCUT2D eigenvalue weighted by atomic mass is 16.5. The van der Waals surface area contributed by atoms with Crippen LogP contribution in [0.25, 0.3) is 0 Å². The van der Waals surface area contributed by atoms with Gasteiger partial charge in [-0.15, -0.1) is 0 Å². The Bertz CT molecular complexity index is 801. The highest BCUT2D eigenvalue weighted by Crippen LogP contribution is 2.21. The number of hydrogen-bond acceptors (Lipinski definition) is 5. The Morgan fingerprint density at radius 2 is 1.78 bits per heavy atom. The van der Waals surface area contributed by atoms with E-state index in [2.05, 4.69) is 5.32 Å². The molecular weight excluding hydrogens is 346 g/mol. The standard InChI is InChI=1S/C21H23NO5/c1-15(23)17-8-9-19(26-2)18(13-17)14-27-21(25)10-11-22-20(24)12-16-6-4-3-5-7-16/h3-9,13H,10-12,14H2,1-2H3,(H,22,24). The lowest BCUT2D eigenvalue weighted by molar-refractivity contribution is -0.144. The molecule has 0 radical (unpaired) electrons. The molecule has 2 rings (SSSR count). The topological polar surface area (TPSA) is 81.7 Å². The highest BCUT2D eigenvalue weighted by Gasteiger charge is 2.11. The maximum Gasteiger partial charge on any atom is 0.307 e. The Kier molecular flexibility index (Phi) is 7.55. The minimum atomic E-state index is -0.440. The summed E-state index contributed by atoms with van der Waals surface area (Å²) in [6.45, 7) is 1.67. The van der Waals surface area contributed by atoms with E-state index in [4.69, 9.17) is 9.47 Å². The number of benzene rings is 2. The predicted molar refractivity (Wildman–Crippen MR) is 101 cm³/mol. The third kappa shape index (κ3) is 6.58. The summed E-state index contributed by atoms with van der Waals surface area (Å²) in [5.74, 6) is -0.120. The molecule has 6 nitrogen and oxygen atoms in total. The highest BCUT2D eigenvalue weighted by molar-refractivity contribution is 5.94. The van der Waals surface area contributed by atoms with Crippen LogP contribution in [0.2, 0.25) is 0 Å². The fourth-order valence-corrected chi connectivity index (χ4v) is 2.49. The number of Topliss-reactive ketones (excluding diaryl/α,β-unsaturated/α-hetero) is 1. The molecule has 0 aliphatic heterocycles. The van der Waals surface area contributed by atoms with Gasteiger partial charge in [0.2, 0.25) is 5.91 Å². The first-order valence-electron chi connectivity index (χ1n) is 8.63. The summed E-state index contributed by atoms with van der Waals surface area (Å²) in [5, 5.41) is 2.70. The Morgan fingerprint density at radius 3 is 2.44 bits per heavy atom. The van der Waals surface area contributed by atoms with Crippen molar-refractivity contribution in [3.8, 4) is 5.75 Å². The van der Waals surface area contributed by atoms with Gasteiger partial charge in [0.25, 0.3) is 0 Å². The van der Waals surface area contributed by atoms with Gasteiger partial charge < -0.3 is 14.8 Å². The summed E-state index contributed by atoms with van der Waals surface area (Å²) in [6, 6.07) is 14.4. The minimum Gasteiger partial charge on any atom is -0.496 e. The number of ether oxygens (including phenoxy) is 2. The van der Waals surface area contributed by atoms with Crippen LogP contribution >= 0.6 is 0 Å². The summed E-state index contributed by atoms with van der Waals surface area (Å²) in [7, 11) is 1.51. The van der Waals surface area contributed by atoms with Crippen LogP contribution in [0.15, 0.2) is 48.5 Å². The van der Waals surface area contributed by atoms with E-state index in [1.807, 2.05) is 30.3 Å². The second kappa shape index (κ2) is 10.1. The van der Waals surface area contributed by atoms with Gasteiger partial charge in [-0.1, -0.05) is 30.3 Å². The van der Waals surface area contributed by atoms with Crippen molar-refractivity contribution in [2.45, 2.75) is 26.4 Å². The zero-order valence-corrected chi connectivity index (χ0v) is 15.5. The van der Waals surface area contributed by atoms with Crippen molar-refractivity contribution in [1.29, 1.82) is 0 Å². The molecule has 0 saturated heterocycles. The smallest absolute Gasteiger partial charge is 0.307 e. The molecule has 0 fully saturated rings. The molecule has 0 heterocycles. The first-order chi connectivity index (χ1) is 13.0. The summed E-state index contributed by atoms with van der Waals surface area (Å²) < 4.78 is 10.4. The van der Waals surface area contributed by atoms with Crippen molar-refractivity contribution >= 4 is 17.7 Å². The molecule has 0 aliphatic rings. The molecule has 0 atom stereocenters. The maximum absolute atomic E-state index is 11.9. The number of nitrogens with one attached hydrogen (secondary N) is 1. The summed E-state index contributed by atoms with van der Waals surface area (Å²) in [5.41, 5.74) is 2.05. The van der Waals surface area contributed by atoms with E-state index in [0.29, 0.717) is 16.9 Å². The zero-order valence-electron chi connectivity index (χ0n) is 15.5. The van der Waals surface area contributed by atoms with Crippen molar-refractivity contribution in [2.24, 2.45) is 0 Å². The summed E-state index contributed by atoms with van der Waals surface area (Å²) in [4.78, 5) is 35.2. The molecule has 2 aromatic rings. The molecule has 0 aromatic heterocycles. The number of methoxy groups -OCH3 is 1. The summed E-state index contributed by atoms with van der Waals surface area (Å²) in [6.07, 6.45) is 0.334. The van der Waals surface area contributed by atoms with E-state index in [1.165, 1.54) is 14.0 Å². The lowest BCUT2D eigenvalue weighted by atomic mass is 10.1. The Morgan fingerprint density at radius 1 is 1.04 bits per heavy atom. The van der Waals surface area contributed by atoms with E-state index >= 15 is 0 Å². The summed E-state index contributed by atoms with van der Waals surface area (Å²) >= 11 is 0. The first kappa shape index (κ1) is 20.2. The van der Waals surface area contributed by atoms with E-state index in [9.17, 15) is 14.4 Å². The average molecular weight is 369 g/mol. The van der Waals surface area contributed by atoms with Gasteiger partial charge in [-0.25, -0.2) is 0 Å². The largest absolute Gasteiger partial charge is 0.496 e. The fraction of sp³-hybridized carbons (Fsp3) is 0.286. The molecule has 0 saturated carbocycles. The molecule has 0 aliphatic carbocycles. The van der Waals surface area contributed by atoms with Crippen LogP contribution in [0, 0.1) is 0 Å². The quantitative estimate of drug-likeness (QED) is 0.543. The minimum absolute atomic E-state index is 0.00108. The van der Waals surface area contributed by atoms with Gasteiger partial charge >= 0.3 is 5.97 Å². The van der Waals surface area contributed by atoms with Crippen molar-refractivity contribution in [2.75, 3.05) is 13.7 Å². The molecule has 6 heteroatoms. The number of amides is 1. The van der Waals surface area contributed by atoms with Crippen molar-refractivity contribution in [3.63, 3.8) is 0 Å². The average Bonchev–Trinajstić information content (AvgIpc) is 2.66. The Labute approximate surface area is 158 Å². The maximum atomic E-state index is 11.9. The molecule has 142 valence electrons. The zero-order chi connectivity index (χ0) is 19.6. The SMILES string of the molecule is COc1ccc(C(C)=O)cc1COC(=O)CCNC(=O)Cc1ccccc1. The van der Waals surface area contributed by atoms with Crippen LogP contribution in [0.3, 0.4) is 0 Å². The molecule has 0 unspecified atom stereocenters. The van der Waals surface area contributed by atoms with Crippen molar-refractivity contribution in [1.82, 2.24) is 5.32 Å². The molecule has 2 aromatic carbocycles. The lowest BCUT2D eigenvalue weighted by Crippen LogP contribution is -2.27. The number of carbonyl (C=O) groups excluding carboxylic acids is 3. The van der Waals surface area contributed by atoms with Gasteiger partial charge in [0.15, 0.2) is 5.78 Å². The molecular formula is C21H23NO5. The Balaban J connectivity index is 1.77. The molecule has 27 heavy (non-hydrogen) atoms. The van der Waals surface area contributed by atoms with Crippen molar-refractivity contribution < 1.29 is 23.9 Å². The molecule has 0 spiro atoms. The van der Waals surface area contributed by atoms with Crippen LogP contribution in [0.4, 0.5) is 0 Å². The fourth-order valence-electron chi connectivity index (χ4n) is 2.49. The molecule has 1 N–H and O–H groups in total. The number of rotatable bonds is 9. The van der Waals surface area contributed by atoms with Gasteiger partial charge in [0.05, 0.1) is 20.0 Å². The van der Waals surface area contributed by atoms with Crippen molar-refractivity contribution in [3.05, 3.63) is 65.2 Å². The van der Waals surface area contributed by atoms with Crippen LogP contribution in [0.5, 0.6) is 5.75 Å². The van der Waals surface area contributed by atoms with E-state index < -0.39 is 5.97 Å². The lowest BCUT2D eigenvalue weighted by Gasteiger charge is -2.11. The second-order valence-electron chi connectivity index (χ2n) is 6.01. The normalized spacial score (nSPS) is 10.1. The van der Waals surface area contributed by atoms with Crippen LogP contribution < -0.4 is 10.1 Å². The third-order valence-electron chi connectivity index (χ3n) is 3.93. The molecule has 0 bridgehead atoms. The predicted octanol–water partition coefficient (Wildman–Crippen LogP) is 2.69. The van der Waals surface area contributed by atoms with Crippen LogP contribution in [-0.2, 0) is 27.4 Å². The third-order valence-corrected chi connectivity index (χ3v) is 3.93. The van der Waals surface area contributed by atoms with Gasteiger partial charge in [-0.3, -0.25) is 14.4 Å². The number of ketones is 1. The molecule has 1 amide bonds. The first-order valence-corrected chi connectivity index (χ1v) is 8.63.